The monoisotopic (exact) mass is 214 g/mol. The zero-order chi connectivity index (χ0) is 11.1. The number of nitrogens with zero attached hydrogens (tertiary/aromatic N) is 2. The fourth-order valence-electron chi connectivity index (χ4n) is 2.13. The van der Waals surface area contributed by atoms with Crippen LogP contribution in [-0.2, 0) is 0 Å². The molecule has 0 amide bonds. The van der Waals surface area contributed by atoms with E-state index in [9.17, 15) is 0 Å². The first-order chi connectivity index (χ1) is 7.24. The molecule has 1 saturated heterocycles. The van der Waals surface area contributed by atoms with Crippen LogP contribution in [0.2, 0.25) is 0 Å². The van der Waals surface area contributed by atoms with Crippen LogP contribution in [0.15, 0.2) is 0 Å². The van der Waals surface area contributed by atoms with Crippen molar-refractivity contribution < 1.29 is 5.11 Å². The molecule has 0 bridgehead atoms. The van der Waals surface area contributed by atoms with Gasteiger partial charge in [0.2, 0.25) is 0 Å². The lowest BCUT2D eigenvalue weighted by Gasteiger charge is -2.37. The molecule has 0 radical (unpaired) electrons. The Labute approximate surface area is 94.1 Å². The van der Waals surface area contributed by atoms with E-state index < -0.39 is 0 Å². The normalized spacial score (nSPS) is 24.6. The second-order valence-electron chi connectivity index (χ2n) is 4.77. The van der Waals surface area contributed by atoms with Crippen molar-refractivity contribution in [1.29, 1.82) is 0 Å². The van der Waals surface area contributed by atoms with Crippen LogP contribution in [0.3, 0.4) is 0 Å². The topological polar surface area (TPSA) is 26.7 Å². The molecule has 3 heteroatoms. The van der Waals surface area contributed by atoms with Crippen molar-refractivity contribution >= 4 is 0 Å². The van der Waals surface area contributed by atoms with E-state index in [4.69, 9.17) is 5.11 Å². The predicted octanol–water partition coefficient (Wildman–Crippen LogP) is 1.18. The number of aliphatic hydroxyl groups is 1. The van der Waals surface area contributed by atoms with E-state index in [0.29, 0.717) is 12.6 Å². The van der Waals surface area contributed by atoms with Gasteiger partial charge in [-0.1, -0.05) is 12.8 Å². The third-order valence-corrected chi connectivity index (χ3v) is 3.43. The van der Waals surface area contributed by atoms with Crippen molar-refractivity contribution in [3.63, 3.8) is 0 Å². The molecule has 90 valence electrons. The molecule has 15 heavy (non-hydrogen) atoms. The Morgan fingerprint density at radius 2 is 1.87 bits per heavy atom. The lowest BCUT2D eigenvalue weighted by molar-refractivity contribution is 0.104. The van der Waals surface area contributed by atoms with E-state index in [2.05, 4.69) is 23.8 Å². The summed E-state index contributed by atoms with van der Waals surface area (Å²) in [6.45, 7) is 7.54. The van der Waals surface area contributed by atoms with Gasteiger partial charge in [0.05, 0.1) is 0 Å². The van der Waals surface area contributed by atoms with Gasteiger partial charge in [-0.25, -0.2) is 0 Å². The molecule has 1 aliphatic rings. The van der Waals surface area contributed by atoms with E-state index >= 15 is 0 Å². The second-order valence-corrected chi connectivity index (χ2v) is 4.77. The lowest BCUT2D eigenvalue weighted by atomic mass is 10.1. The summed E-state index contributed by atoms with van der Waals surface area (Å²) in [5, 5.41) is 8.66. The van der Waals surface area contributed by atoms with Gasteiger partial charge in [-0.15, -0.1) is 0 Å². The van der Waals surface area contributed by atoms with Gasteiger partial charge in [-0.05, 0) is 33.4 Å². The first kappa shape index (κ1) is 12.9. The van der Waals surface area contributed by atoms with Crippen molar-refractivity contribution in [3.8, 4) is 0 Å². The Morgan fingerprint density at radius 1 is 1.13 bits per heavy atom. The van der Waals surface area contributed by atoms with Crippen molar-refractivity contribution in [2.75, 3.05) is 39.8 Å². The number of piperazine rings is 1. The summed E-state index contributed by atoms with van der Waals surface area (Å²) in [6, 6.07) is 0.705. The second kappa shape index (κ2) is 7.20. The maximum Gasteiger partial charge on any atom is 0.0431 e. The summed E-state index contributed by atoms with van der Waals surface area (Å²) < 4.78 is 0. The molecule has 0 aromatic rings. The Bertz CT molecular complexity index is 164. The SMILES string of the molecule is CC1CN(CCCCCCO)CCN1C. The van der Waals surface area contributed by atoms with Crippen LogP contribution in [-0.4, -0.2) is 60.8 Å². The fourth-order valence-corrected chi connectivity index (χ4v) is 2.13. The Morgan fingerprint density at radius 3 is 2.53 bits per heavy atom. The largest absolute Gasteiger partial charge is 0.396 e. The highest BCUT2D eigenvalue weighted by molar-refractivity contribution is 4.76. The molecule has 0 aromatic heterocycles. The number of likely N-dealkylation sites (N-methyl/N-ethyl adjacent to an activating group) is 1. The molecule has 1 rings (SSSR count). The number of aliphatic hydroxyl groups excluding tert-OH is 1. The highest BCUT2D eigenvalue weighted by atomic mass is 16.2. The van der Waals surface area contributed by atoms with Crippen LogP contribution in [0.4, 0.5) is 0 Å². The van der Waals surface area contributed by atoms with Crippen LogP contribution in [0.5, 0.6) is 0 Å². The number of hydrogen-bond acceptors (Lipinski definition) is 3. The van der Waals surface area contributed by atoms with Gasteiger partial charge in [0.15, 0.2) is 0 Å². The average molecular weight is 214 g/mol. The molecule has 1 heterocycles. The summed E-state index contributed by atoms with van der Waals surface area (Å²) in [7, 11) is 2.21. The zero-order valence-corrected chi connectivity index (χ0v) is 10.3. The average Bonchev–Trinajstić information content (AvgIpc) is 2.23. The molecule has 1 fully saturated rings. The molecular formula is C12H26N2O. The van der Waals surface area contributed by atoms with Gasteiger partial charge in [0.25, 0.3) is 0 Å². The molecule has 3 nitrogen and oxygen atoms in total. The van der Waals surface area contributed by atoms with E-state index in [1.54, 1.807) is 0 Å². The maximum atomic E-state index is 8.66. The van der Waals surface area contributed by atoms with Crippen molar-refractivity contribution in [1.82, 2.24) is 9.80 Å². The summed E-state index contributed by atoms with van der Waals surface area (Å²) in [4.78, 5) is 5.01. The van der Waals surface area contributed by atoms with Crippen LogP contribution >= 0.6 is 0 Å². The minimum atomic E-state index is 0.353. The minimum absolute atomic E-state index is 0.353. The molecule has 0 spiro atoms. The standard InChI is InChI=1S/C12H26N2O/c1-12-11-14(9-8-13(12)2)7-5-3-4-6-10-15/h12,15H,3-11H2,1-2H3. The fraction of sp³-hybridized carbons (Fsp3) is 1.00. The summed E-state index contributed by atoms with van der Waals surface area (Å²) >= 11 is 0. The van der Waals surface area contributed by atoms with Crippen LogP contribution < -0.4 is 0 Å². The van der Waals surface area contributed by atoms with E-state index in [-0.39, 0.29) is 0 Å². The Balaban J connectivity index is 2.02. The first-order valence-electron chi connectivity index (χ1n) is 6.27. The summed E-state index contributed by atoms with van der Waals surface area (Å²) in [6.07, 6.45) is 4.71. The van der Waals surface area contributed by atoms with Gasteiger partial charge < -0.3 is 14.9 Å². The highest BCUT2D eigenvalue weighted by Crippen LogP contribution is 2.08. The van der Waals surface area contributed by atoms with Crippen molar-refractivity contribution in [2.24, 2.45) is 0 Å². The van der Waals surface area contributed by atoms with E-state index in [1.807, 2.05) is 0 Å². The Kier molecular flexibility index (Phi) is 6.22. The maximum absolute atomic E-state index is 8.66. The molecule has 1 N–H and O–H groups in total. The lowest BCUT2D eigenvalue weighted by Crippen LogP contribution is -2.50. The first-order valence-corrected chi connectivity index (χ1v) is 6.27. The van der Waals surface area contributed by atoms with Crippen LogP contribution in [0.25, 0.3) is 0 Å². The number of hydrogen-bond donors (Lipinski definition) is 1. The molecule has 1 unspecified atom stereocenters. The quantitative estimate of drug-likeness (QED) is 0.673. The molecular weight excluding hydrogens is 188 g/mol. The molecule has 0 aliphatic carbocycles. The summed E-state index contributed by atoms with van der Waals surface area (Å²) in [5.74, 6) is 0. The summed E-state index contributed by atoms with van der Waals surface area (Å²) in [5.41, 5.74) is 0. The van der Waals surface area contributed by atoms with Crippen molar-refractivity contribution in [2.45, 2.75) is 38.6 Å². The van der Waals surface area contributed by atoms with Gasteiger partial charge in [-0.3, -0.25) is 0 Å². The molecule has 0 aromatic carbocycles. The highest BCUT2D eigenvalue weighted by Gasteiger charge is 2.19. The Hall–Kier alpha value is -0.120. The van der Waals surface area contributed by atoms with Crippen molar-refractivity contribution in [3.05, 3.63) is 0 Å². The number of rotatable bonds is 6. The van der Waals surface area contributed by atoms with E-state index in [1.165, 1.54) is 45.4 Å². The third kappa shape index (κ3) is 4.96. The third-order valence-electron chi connectivity index (χ3n) is 3.43. The predicted molar refractivity (Wildman–Crippen MR) is 64.1 cm³/mol. The molecule has 1 atom stereocenters. The van der Waals surface area contributed by atoms with Gasteiger partial charge >= 0.3 is 0 Å². The smallest absolute Gasteiger partial charge is 0.0431 e. The molecule has 0 saturated carbocycles. The molecule has 1 aliphatic heterocycles. The van der Waals surface area contributed by atoms with Gasteiger partial charge in [0, 0.05) is 32.3 Å². The zero-order valence-electron chi connectivity index (χ0n) is 10.3. The van der Waals surface area contributed by atoms with Crippen LogP contribution in [0.1, 0.15) is 32.6 Å². The minimum Gasteiger partial charge on any atom is -0.396 e. The van der Waals surface area contributed by atoms with Crippen LogP contribution in [0, 0.1) is 0 Å². The number of unbranched alkanes of at least 4 members (excludes halogenated alkanes) is 3. The van der Waals surface area contributed by atoms with Gasteiger partial charge in [-0.2, -0.15) is 0 Å². The van der Waals surface area contributed by atoms with E-state index in [0.717, 1.165) is 6.42 Å². The van der Waals surface area contributed by atoms with Gasteiger partial charge in [0.1, 0.15) is 0 Å².